The summed E-state index contributed by atoms with van der Waals surface area (Å²) in [4.78, 5) is 0. The molecule has 0 saturated carbocycles. The Morgan fingerprint density at radius 1 is 1.47 bits per heavy atom. The summed E-state index contributed by atoms with van der Waals surface area (Å²) in [6.07, 6.45) is 4.61. The molecule has 1 atom stereocenters. The van der Waals surface area contributed by atoms with Gasteiger partial charge in [-0.15, -0.1) is 0 Å². The number of benzene rings is 1. The quantitative estimate of drug-likeness (QED) is 0.838. The van der Waals surface area contributed by atoms with Crippen molar-refractivity contribution >= 4 is 15.9 Å². The van der Waals surface area contributed by atoms with Gasteiger partial charge in [0.05, 0.1) is 6.61 Å². The van der Waals surface area contributed by atoms with Gasteiger partial charge in [-0.2, -0.15) is 0 Å². The van der Waals surface area contributed by atoms with Gasteiger partial charge in [-0.05, 0) is 37.0 Å². The molecule has 3 heteroatoms. The van der Waals surface area contributed by atoms with Crippen molar-refractivity contribution in [3.63, 3.8) is 0 Å². The summed E-state index contributed by atoms with van der Waals surface area (Å²) in [6.45, 7) is 3.79. The van der Waals surface area contributed by atoms with Crippen molar-refractivity contribution in [1.29, 1.82) is 0 Å². The van der Waals surface area contributed by atoms with Crippen molar-refractivity contribution in [2.75, 3.05) is 13.2 Å². The molecule has 1 heterocycles. The SMILES string of the molecule is CCCc1ccc(Br)cc1O[C@@H]1CCCOC1. The third kappa shape index (κ3) is 3.71. The monoisotopic (exact) mass is 298 g/mol. The molecule has 17 heavy (non-hydrogen) atoms. The lowest BCUT2D eigenvalue weighted by molar-refractivity contribution is 0.00702. The standard InChI is InChI=1S/C14H19BrO2/c1-2-4-11-6-7-12(15)9-14(11)17-13-5-3-8-16-10-13/h6-7,9,13H,2-5,8,10H2,1H3/t13-/m1/s1. The number of ether oxygens (including phenoxy) is 2. The first kappa shape index (κ1) is 12.9. The minimum absolute atomic E-state index is 0.216. The van der Waals surface area contributed by atoms with E-state index >= 15 is 0 Å². The highest BCUT2D eigenvalue weighted by Gasteiger charge is 2.16. The Hall–Kier alpha value is -0.540. The molecule has 1 aliphatic rings. The minimum atomic E-state index is 0.216. The molecule has 0 spiro atoms. The topological polar surface area (TPSA) is 18.5 Å². The molecule has 0 unspecified atom stereocenters. The van der Waals surface area contributed by atoms with Gasteiger partial charge in [0.15, 0.2) is 0 Å². The maximum atomic E-state index is 6.06. The summed E-state index contributed by atoms with van der Waals surface area (Å²) < 4.78 is 12.6. The summed E-state index contributed by atoms with van der Waals surface area (Å²) in [5.74, 6) is 1.01. The van der Waals surface area contributed by atoms with Crippen molar-refractivity contribution in [2.24, 2.45) is 0 Å². The zero-order valence-electron chi connectivity index (χ0n) is 10.2. The predicted octanol–water partition coefficient (Wildman–Crippen LogP) is 3.96. The van der Waals surface area contributed by atoms with E-state index in [1.807, 2.05) is 0 Å². The van der Waals surface area contributed by atoms with E-state index in [1.54, 1.807) is 0 Å². The van der Waals surface area contributed by atoms with Gasteiger partial charge in [0.25, 0.3) is 0 Å². The highest BCUT2D eigenvalue weighted by molar-refractivity contribution is 9.10. The second-order valence-electron chi connectivity index (χ2n) is 4.46. The van der Waals surface area contributed by atoms with Crippen LogP contribution >= 0.6 is 15.9 Å². The molecule has 0 amide bonds. The normalized spacial score (nSPS) is 20.2. The zero-order chi connectivity index (χ0) is 12.1. The van der Waals surface area contributed by atoms with E-state index in [2.05, 4.69) is 41.1 Å². The van der Waals surface area contributed by atoms with E-state index in [1.165, 1.54) is 5.56 Å². The summed E-state index contributed by atoms with van der Waals surface area (Å²) in [7, 11) is 0. The molecule has 0 aromatic heterocycles. The summed E-state index contributed by atoms with van der Waals surface area (Å²) in [6, 6.07) is 6.29. The molecule has 0 aliphatic carbocycles. The van der Waals surface area contributed by atoms with Gasteiger partial charge in [0.2, 0.25) is 0 Å². The van der Waals surface area contributed by atoms with E-state index in [4.69, 9.17) is 9.47 Å². The highest BCUT2D eigenvalue weighted by Crippen LogP contribution is 2.27. The van der Waals surface area contributed by atoms with Gasteiger partial charge in [0, 0.05) is 11.1 Å². The number of hydrogen-bond donors (Lipinski definition) is 0. The average Bonchev–Trinajstić information content (AvgIpc) is 2.34. The van der Waals surface area contributed by atoms with E-state index in [9.17, 15) is 0 Å². The molecular formula is C14H19BrO2. The lowest BCUT2D eigenvalue weighted by atomic mass is 10.1. The molecule has 2 rings (SSSR count). The molecule has 1 saturated heterocycles. The van der Waals surface area contributed by atoms with E-state index in [0.29, 0.717) is 0 Å². The third-order valence-electron chi connectivity index (χ3n) is 2.96. The Balaban J connectivity index is 2.08. The van der Waals surface area contributed by atoms with Crippen LogP contribution in [0.3, 0.4) is 0 Å². The van der Waals surface area contributed by atoms with Gasteiger partial charge < -0.3 is 9.47 Å². The fourth-order valence-electron chi connectivity index (χ4n) is 2.10. The Kier molecular flexibility index (Phi) is 4.86. The van der Waals surface area contributed by atoms with Crippen molar-refractivity contribution in [3.05, 3.63) is 28.2 Å². The second-order valence-corrected chi connectivity index (χ2v) is 5.37. The molecule has 2 nitrogen and oxygen atoms in total. The van der Waals surface area contributed by atoms with Gasteiger partial charge in [-0.1, -0.05) is 35.3 Å². The smallest absolute Gasteiger partial charge is 0.124 e. The van der Waals surface area contributed by atoms with Gasteiger partial charge in [-0.25, -0.2) is 0 Å². The number of rotatable bonds is 4. The molecule has 1 aliphatic heterocycles. The Bertz CT molecular complexity index is 359. The Morgan fingerprint density at radius 2 is 2.35 bits per heavy atom. The summed E-state index contributed by atoms with van der Waals surface area (Å²) in [5, 5.41) is 0. The van der Waals surface area contributed by atoms with Crippen molar-refractivity contribution in [3.8, 4) is 5.75 Å². The molecule has 1 fully saturated rings. The van der Waals surface area contributed by atoms with Crippen LogP contribution in [-0.2, 0) is 11.2 Å². The molecule has 1 aromatic rings. The molecule has 0 radical (unpaired) electrons. The maximum Gasteiger partial charge on any atom is 0.124 e. The summed E-state index contributed by atoms with van der Waals surface area (Å²) in [5.41, 5.74) is 1.29. The highest BCUT2D eigenvalue weighted by atomic mass is 79.9. The van der Waals surface area contributed by atoms with Crippen LogP contribution in [0.15, 0.2) is 22.7 Å². The third-order valence-corrected chi connectivity index (χ3v) is 3.45. The lowest BCUT2D eigenvalue weighted by Gasteiger charge is -2.24. The molecule has 0 N–H and O–H groups in total. The largest absolute Gasteiger partial charge is 0.488 e. The van der Waals surface area contributed by atoms with Gasteiger partial charge in [0.1, 0.15) is 11.9 Å². The fraction of sp³-hybridized carbons (Fsp3) is 0.571. The zero-order valence-corrected chi connectivity index (χ0v) is 11.8. The van der Waals surface area contributed by atoms with Crippen LogP contribution in [0.5, 0.6) is 5.75 Å². The number of aryl methyl sites for hydroxylation is 1. The molecule has 0 bridgehead atoms. The van der Waals surface area contributed by atoms with Crippen LogP contribution in [0.2, 0.25) is 0 Å². The molecule has 1 aromatic carbocycles. The van der Waals surface area contributed by atoms with Crippen LogP contribution in [-0.4, -0.2) is 19.3 Å². The van der Waals surface area contributed by atoms with Crippen LogP contribution in [0.1, 0.15) is 31.7 Å². The van der Waals surface area contributed by atoms with Crippen molar-refractivity contribution in [1.82, 2.24) is 0 Å². The average molecular weight is 299 g/mol. The lowest BCUT2D eigenvalue weighted by Crippen LogP contribution is -2.28. The first-order chi connectivity index (χ1) is 8.29. The van der Waals surface area contributed by atoms with Crippen molar-refractivity contribution < 1.29 is 9.47 Å². The van der Waals surface area contributed by atoms with E-state index in [-0.39, 0.29) is 6.10 Å². The van der Waals surface area contributed by atoms with Crippen molar-refractivity contribution in [2.45, 2.75) is 38.7 Å². The summed E-state index contributed by atoms with van der Waals surface area (Å²) >= 11 is 3.50. The van der Waals surface area contributed by atoms with Crippen LogP contribution < -0.4 is 4.74 Å². The fourth-order valence-corrected chi connectivity index (χ4v) is 2.44. The van der Waals surface area contributed by atoms with Crippen LogP contribution in [0.4, 0.5) is 0 Å². The van der Waals surface area contributed by atoms with E-state index in [0.717, 1.165) is 49.1 Å². The van der Waals surface area contributed by atoms with Gasteiger partial charge >= 0.3 is 0 Å². The minimum Gasteiger partial charge on any atom is -0.488 e. The Labute approximate surface area is 111 Å². The van der Waals surface area contributed by atoms with E-state index < -0.39 is 0 Å². The van der Waals surface area contributed by atoms with Gasteiger partial charge in [-0.3, -0.25) is 0 Å². The molecular weight excluding hydrogens is 280 g/mol. The predicted molar refractivity (Wildman–Crippen MR) is 72.6 cm³/mol. The van der Waals surface area contributed by atoms with Crippen LogP contribution in [0, 0.1) is 0 Å². The van der Waals surface area contributed by atoms with Crippen LogP contribution in [0.25, 0.3) is 0 Å². The molecule has 94 valence electrons. The Morgan fingerprint density at radius 3 is 3.06 bits per heavy atom. The maximum absolute atomic E-state index is 6.06. The number of hydrogen-bond acceptors (Lipinski definition) is 2. The first-order valence-corrected chi connectivity index (χ1v) is 7.11. The number of halogens is 1. The second kappa shape index (κ2) is 6.41. The first-order valence-electron chi connectivity index (χ1n) is 6.32.